The molecule has 1 atom stereocenters. The van der Waals surface area contributed by atoms with Crippen molar-refractivity contribution >= 4 is 0 Å². The van der Waals surface area contributed by atoms with Gasteiger partial charge in [0, 0.05) is 0 Å². The molecule has 0 aliphatic carbocycles. The van der Waals surface area contributed by atoms with Crippen LogP contribution in [0, 0.1) is 5.92 Å². The van der Waals surface area contributed by atoms with Gasteiger partial charge in [-0.25, -0.2) is 0 Å². The molecule has 0 heterocycles. The van der Waals surface area contributed by atoms with E-state index < -0.39 is 0 Å². The summed E-state index contributed by atoms with van der Waals surface area (Å²) in [5, 5.41) is 0. The Balaban J connectivity index is 1.89. The molecule has 142 valence electrons. The van der Waals surface area contributed by atoms with Gasteiger partial charge >= 0.3 is 0 Å². The predicted octanol–water partition coefficient (Wildman–Crippen LogP) is 7.74. The van der Waals surface area contributed by atoms with Gasteiger partial charge in [-0.1, -0.05) is 76.7 Å². The van der Waals surface area contributed by atoms with Gasteiger partial charge in [-0.2, -0.15) is 0 Å². The Kier molecular flexibility index (Phi) is 13.1. The highest BCUT2D eigenvalue weighted by Crippen LogP contribution is 2.16. The Morgan fingerprint density at radius 1 is 0.920 bits per heavy atom. The monoisotopic (exact) mass is 344 g/mol. The van der Waals surface area contributed by atoms with E-state index in [1.807, 2.05) is 6.07 Å². The maximum absolute atomic E-state index is 5.28. The topological polar surface area (TPSA) is 9.23 Å². The quantitative estimate of drug-likeness (QED) is 0.233. The number of aryl methyl sites for hydroxylation is 1. The van der Waals surface area contributed by atoms with Gasteiger partial charge in [0.1, 0.15) is 5.75 Å². The molecule has 0 N–H and O–H groups in total. The minimum absolute atomic E-state index is 0.910. The molecule has 1 rings (SSSR count). The molecule has 0 aliphatic heterocycles. The number of rotatable bonds is 15. The highest BCUT2D eigenvalue weighted by molar-refractivity contribution is 5.28. The summed E-state index contributed by atoms with van der Waals surface area (Å²) in [5.74, 6) is 1.89. The lowest BCUT2D eigenvalue weighted by atomic mass is 10.0. The van der Waals surface area contributed by atoms with Crippen molar-refractivity contribution in [3.63, 3.8) is 0 Å². The van der Waals surface area contributed by atoms with Crippen LogP contribution in [0.1, 0.15) is 90.0 Å². The minimum atomic E-state index is 0.910. The number of allylic oxidation sites excluding steroid dienone is 2. The number of hydrogen-bond acceptors (Lipinski definition) is 1. The van der Waals surface area contributed by atoms with E-state index in [4.69, 9.17) is 4.74 Å². The van der Waals surface area contributed by atoms with Crippen LogP contribution in [-0.2, 0) is 6.42 Å². The highest BCUT2D eigenvalue weighted by atomic mass is 16.5. The van der Waals surface area contributed by atoms with Crippen LogP contribution in [0.4, 0.5) is 0 Å². The first-order valence-electron chi connectivity index (χ1n) is 10.5. The fourth-order valence-corrected chi connectivity index (χ4v) is 3.14. The van der Waals surface area contributed by atoms with E-state index in [0.717, 1.165) is 11.7 Å². The standard InChI is InChI=1S/C24H40O/c1-4-22(2)17-14-12-10-8-6-5-7-9-11-13-15-18-23-19-16-20-24(21-23)25-3/h6,8,16,19-22H,4-5,7,9-15,17-18H2,1-3H3. The molecule has 0 radical (unpaired) electrons. The van der Waals surface area contributed by atoms with E-state index >= 15 is 0 Å². The Morgan fingerprint density at radius 3 is 2.32 bits per heavy atom. The van der Waals surface area contributed by atoms with Crippen molar-refractivity contribution in [2.24, 2.45) is 5.92 Å². The van der Waals surface area contributed by atoms with E-state index in [9.17, 15) is 0 Å². The average molecular weight is 345 g/mol. The summed E-state index contributed by atoms with van der Waals surface area (Å²) >= 11 is 0. The molecule has 0 amide bonds. The molecule has 1 aromatic carbocycles. The average Bonchev–Trinajstić information content (AvgIpc) is 2.65. The first-order chi connectivity index (χ1) is 12.3. The summed E-state index contributed by atoms with van der Waals surface area (Å²) in [5.41, 5.74) is 1.40. The van der Waals surface area contributed by atoms with Crippen LogP contribution in [0.15, 0.2) is 36.4 Å². The Labute approximate surface area is 156 Å². The van der Waals surface area contributed by atoms with Crippen LogP contribution in [0.5, 0.6) is 5.75 Å². The molecule has 0 spiro atoms. The summed E-state index contributed by atoms with van der Waals surface area (Å²) in [6.45, 7) is 4.66. The van der Waals surface area contributed by atoms with Crippen LogP contribution in [0.3, 0.4) is 0 Å². The molecule has 1 unspecified atom stereocenters. The molecule has 25 heavy (non-hydrogen) atoms. The zero-order valence-electron chi connectivity index (χ0n) is 16.9. The van der Waals surface area contributed by atoms with Gasteiger partial charge in [0.2, 0.25) is 0 Å². The lowest BCUT2D eigenvalue weighted by Gasteiger charge is -2.06. The number of ether oxygens (including phenoxy) is 1. The van der Waals surface area contributed by atoms with Crippen LogP contribution in [0.2, 0.25) is 0 Å². The third kappa shape index (κ3) is 11.9. The maximum atomic E-state index is 5.28. The zero-order valence-corrected chi connectivity index (χ0v) is 16.9. The van der Waals surface area contributed by atoms with Crippen LogP contribution < -0.4 is 4.74 Å². The van der Waals surface area contributed by atoms with Crippen molar-refractivity contribution < 1.29 is 4.74 Å². The van der Waals surface area contributed by atoms with E-state index in [2.05, 4.69) is 44.2 Å². The molecule has 0 saturated carbocycles. The molecule has 1 aromatic rings. The molecular formula is C24H40O. The molecule has 0 fully saturated rings. The summed E-state index contributed by atoms with van der Waals surface area (Å²) in [6, 6.07) is 8.47. The second-order valence-corrected chi connectivity index (χ2v) is 7.43. The molecule has 0 aliphatic rings. The van der Waals surface area contributed by atoms with Crippen molar-refractivity contribution in [2.75, 3.05) is 7.11 Å². The Bertz CT molecular complexity index is 449. The Hall–Kier alpha value is -1.24. The first kappa shape index (κ1) is 21.8. The van der Waals surface area contributed by atoms with Gasteiger partial charge in [-0.3, -0.25) is 0 Å². The third-order valence-electron chi connectivity index (χ3n) is 5.15. The number of benzene rings is 1. The fraction of sp³-hybridized carbons (Fsp3) is 0.667. The predicted molar refractivity (Wildman–Crippen MR) is 111 cm³/mol. The smallest absolute Gasteiger partial charge is 0.119 e. The van der Waals surface area contributed by atoms with Crippen molar-refractivity contribution in [1.29, 1.82) is 0 Å². The normalized spacial score (nSPS) is 12.6. The van der Waals surface area contributed by atoms with Crippen molar-refractivity contribution in [3.8, 4) is 5.75 Å². The van der Waals surface area contributed by atoms with Crippen LogP contribution >= 0.6 is 0 Å². The van der Waals surface area contributed by atoms with E-state index in [1.165, 1.54) is 82.6 Å². The summed E-state index contributed by atoms with van der Waals surface area (Å²) in [7, 11) is 1.74. The molecular weight excluding hydrogens is 304 g/mol. The van der Waals surface area contributed by atoms with Gasteiger partial charge in [-0.15, -0.1) is 0 Å². The van der Waals surface area contributed by atoms with Gasteiger partial charge < -0.3 is 4.74 Å². The van der Waals surface area contributed by atoms with Crippen molar-refractivity contribution in [2.45, 2.75) is 90.9 Å². The summed E-state index contributed by atoms with van der Waals surface area (Å²) in [4.78, 5) is 0. The fourth-order valence-electron chi connectivity index (χ4n) is 3.14. The second kappa shape index (κ2) is 15.0. The van der Waals surface area contributed by atoms with Crippen molar-refractivity contribution in [1.82, 2.24) is 0 Å². The van der Waals surface area contributed by atoms with Gasteiger partial charge in [-0.05, 0) is 62.1 Å². The lowest BCUT2D eigenvalue weighted by Crippen LogP contribution is -1.90. The zero-order chi connectivity index (χ0) is 18.2. The minimum Gasteiger partial charge on any atom is -0.497 e. The number of methoxy groups -OCH3 is 1. The summed E-state index contributed by atoms with van der Waals surface area (Å²) in [6.07, 6.45) is 20.7. The maximum Gasteiger partial charge on any atom is 0.119 e. The summed E-state index contributed by atoms with van der Waals surface area (Å²) < 4.78 is 5.28. The molecule has 0 bridgehead atoms. The molecule has 1 nitrogen and oxygen atoms in total. The van der Waals surface area contributed by atoms with E-state index in [-0.39, 0.29) is 0 Å². The van der Waals surface area contributed by atoms with E-state index in [1.54, 1.807) is 7.11 Å². The van der Waals surface area contributed by atoms with Crippen LogP contribution in [-0.4, -0.2) is 7.11 Å². The lowest BCUT2D eigenvalue weighted by molar-refractivity contribution is 0.414. The van der Waals surface area contributed by atoms with E-state index in [0.29, 0.717) is 0 Å². The largest absolute Gasteiger partial charge is 0.497 e. The highest BCUT2D eigenvalue weighted by Gasteiger charge is 1.97. The second-order valence-electron chi connectivity index (χ2n) is 7.43. The van der Waals surface area contributed by atoms with Crippen LogP contribution in [0.25, 0.3) is 0 Å². The number of unbranched alkanes of at least 4 members (excludes halogenated alkanes) is 7. The van der Waals surface area contributed by atoms with Crippen molar-refractivity contribution in [3.05, 3.63) is 42.0 Å². The molecule has 1 heteroatoms. The van der Waals surface area contributed by atoms with Gasteiger partial charge in [0.25, 0.3) is 0 Å². The third-order valence-corrected chi connectivity index (χ3v) is 5.15. The molecule has 0 saturated heterocycles. The SMILES string of the molecule is CCC(C)CCCCC=CCCCCCCCc1cccc(OC)c1. The molecule has 0 aromatic heterocycles. The first-order valence-corrected chi connectivity index (χ1v) is 10.5. The number of hydrogen-bond donors (Lipinski definition) is 0. The Morgan fingerprint density at radius 2 is 1.60 bits per heavy atom. The van der Waals surface area contributed by atoms with Gasteiger partial charge in [0.05, 0.1) is 7.11 Å². The van der Waals surface area contributed by atoms with Gasteiger partial charge in [0.15, 0.2) is 0 Å².